The van der Waals surface area contributed by atoms with Crippen LogP contribution in [0.4, 0.5) is 0 Å². The third-order valence-corrected chi connectivity index (χ3v) is 5.91. The van der Waals surface area contributed by atoms with Crippen LogP contribution in [-0.4, -0.2) is 29.0 Å². The minimum absolute atomic E-state index is 0.0207. The van der Waals surface area contributed by atoms with Crippen LogP contribution in [0.1, 0.15) is 40.4 Å². The van der Waals surface area contributed by atoms with Gasteiger partial charge in [-0.05, 0) is 48.2 Å². The molecule has 1 fully saturated rings. The number of pyridine rings is 1. The summed E-state index contributed by atoms with van der Waals surface area (Å²) in [5, 5.41) is 0.597. The molecule has 5 nitrogen and oxygen atoms in total. The Kier molecular flexibility index (Phi) is 5.91. The summed E-state index contributed by atoms with van der Waals surface area (Å²) in [5.41, 5.74) is 2.26. The monoisotopic (exact) mass is 422 g/mol. The molecule has 0 aliphatic carbocycles. The number of hydrogen-bond donors (Lipinski definition) is 0. The zero-order chi connectivity index (χ0) is 21.1. The Balaban J connectivity index is 1.59. The van der Waals surface area contributed by atoms with Crippen molar-refractivity contribution in [3.05, 3.63) is 98.9 Å². The Labute approximate surface area is 180 Å². The summed E-state index contributed by atoms with van der Waals surface area (Å²) in [4.78, 5) is 27.5. The number of carbonyl (C=O) groups excluding carboxylic acids is 1. The minimum atomic E-state index is -0.167. The summed E-state index contributed by atoms with van der Waals surface area (Å²) in [7, 11) is 1.64. The normalized spacial score (nSPS) is 15.9. The topological polar surface area (TPSA) is 51.5 Å². The molecule has 2 heterocycles. The number of methoxy groups -OCH3 is 1. The Hall–Kier alpha value is -3.05. The maximum atomic E-state index is 13.3. The maximum Gasteiger partial charge on any atom is 0.255 e. The first-order chi connectivity index (χ1) is 14.6. The average molecular weight is 423 g/mol. The molecule has 1 aliphatic rings. The number of nitrogens with zero attached hydrogens (tertiary/aromatic N) is 2. The highest BCUT2D eigenvalue weighted by molar-refractivity contribution is 6.31. The second-order valence-corrected chi connectivity index (χ2v) is 7.81. The summed E-state index contributed by atoms with van der Waals surface area (Å²) in [6.45, 7) is 1.01. The van der Waals surface area contributed by atoms with Gasteiger partial charge in [0.2, 0.25) is 0 Å². The highest BCUT2D eigenvalue weighted by atomic mass is 35.5. The predicted molar refractivity (Wildman–Crippen MR) is 117 cm³/mol. The van der Waals surface area contributed by atoms with E-state index in [-0.39, 0.29) is 17.5 Å². The Bertz CT molecular complexity index is 1110. The van der Waals surface area contributed by atoms with Crippen LogP contribution in [0.5, 0.6) is 5.75 Å². The SMILES string of the molecule is COc1ccc(C2CCCN2C(=O)c2ccc(=O)n(Cc3ccccc3Cl)c2)cc1. The molecule has 30 heavy (non-hydrogen) atoms. The van der Waals surface area contributed by atoms with Crippen molar-refractivity contribution in [2.45, 2.75) is 25.4 Å². The zero-order valence-corrected chi connectivity index (χ0v) is 17.5. The standard InChI is InChI=1S/C24H23ClN2O3/c1-30-20-11-8-17(9-12-20)22-7-4-14-27(22)24(29)19-10-13-23(28)26(16-19)15-18-5-2-3-6-21(18)25/h2-3,5-6,8-13,16,22H,4,7,14-15H2,1H3. The van der Waals surface area contributed by atoms with Crippen LogP contribution < -0.4 is 10.3 Å². The summed E-state index contributed by atoms with van der Waals surface area (Å²) >= 11 is 6.24. The van der Waals surface area contributed by atoms with Gasteiger partial charge >= 0.3 is 0 Å². The number of halogens is 1. The van der Waals surface area contributed by atoms with Crippen molar-refractivity contribution in [3.63, 3.8) is 0 Å². The summed E-state index contributed by atoms with van der Waals surface area (Å²) < 4.78 is 6.77. The van der Waals surface area contributed by atoms with Gasteiger partial charge in [0.25, 0.3) is 11.5 Å². The molecule has 1 unspecified atom stereocenters. The van der Waals surface area contributed by atoms with Crippen LogP contribution >= 0.6 is 11.6 Å². The first-order valence-corrected chi connectivity index (χ1v) is 10.3. The molecule has 1 saturated heterocycles. The molecule has 0 spiro atoms. The largest absolute Gasteiger partial charge is 0.497 e. The molecule has 4 rings (SSSR count). The average Bonchev–Trinajstić information content (AvgIpc) is 3.26. The molecule has 1 aromatic heterocycles. The molecule has 1 aliphatic heterocycles. The van der Waals surface area contributed by atoms with Gasteiger partial charge in [0.05, 0.1) is 25.3 Å². The number of ether oxygens (including phenoxy) is 1. The van der Waals surface area contributed by atoms with E-state index in [1.165, 1.54) is 10.6 Å². The Morgan fingerprint density at radius 3 is 2.60 bits per heavy atom. The van der Waals surface area contributed by atoms with Crippen LogP contribution in [0, 0.1) is 0 Å². The molecule has 2 aromatic carbocycles. The lowest BCUT2D eigenvalue weighted by Crippen LogP contribution is -2.32. The molecule has 154 valence electrons. The van der Waals surface area contributed by atoms with Crippen LogP contribution in [0.3, 0.4) is 0 Å². The van der Waals surface area contributed by atoms with Crippen LogP contribution in [-0.2, 0) is 6.54 Å². The lowest BCUT2D eigenvalue weighted by molar-refractivity contribution is 0.0734. The van der Waals surface area contributed by atoms with Gasteiger partial charge in [-0.25, -0.2) is 0 Å². The van der Waals surface area contributed by atoms with Gasteiger partial charge in [0, 0.05) is 23.8 Å². The van der Waals surface area contributed by atoms with Gasteiger partial charge in [-0.2, -0.15) is 0 Å². The lowest BCUT2D eigenvalue weighted by Gasteiger charge is -2.25. The maximum absolute atomic E-state index is 13.3. The second-order valence-electron chi connectivity index (χ2n) is 7.41. The van der Waals surface area contributed by atoms with Gasteiger partial charge in [0.15, 0.2) is 0 Å². The van der Waals surface area contributed by atoms with Crippen molar-refractivity contribution in [3.8, 4) is 5.75 Å². The van der Waals surface area contributed by atoms with Gasteiger partial charge in [-0.3, -0.25) is 9.59 Å². The van der Waals surface area contributed by atoms with Crippen molar-refractivity contribution in [1.82, 2.24) is 9.47 Å². The highest BCUT2D eigenvalue weighted by Gasteiger charge is 2.30. The van der Waals surface area contributed by atoms with Crippen molar-refractivity contribution in [2.24, 2.45) is 0 Å². The van der Waals surface area contributed by atoms with Gasteiger partial charge in [0.1, 0.15) is 5.75 Å². The molecule has 6 heteroatoms. The summed E-state index contributed by atoms with van der Waals surface area (Å²) in [6.07, 6.45) is 3.50. The van der Waals surface area contributed by atoms with Gasteiger partial charge in [-0.1, -0.05) is 41.9 Å². The van der Waals surface area contributed by atoms with Crippen molar-refractivity contribution >= 4 is 17.5 Å². The van der Waals surface area contributed by atoms with E-state index in [1.54, 1.807) is 25.4 Å². The number of hydrogen-bond acceptors (Lipinski definition) is 3. The van der Waals surface area contributed by atoms with Crippen LogP contribution in [0.15, 0.2) is 71.7 Å². The fourth-order valence-corrected chi connectivity index (χ4v) is 4.14. The predicted octanol–water partition coefficient (Wildman–Crippen LogP) is 4.54. The molecule has 1 atom stereocenters. The number of carbonyl (C=O) groups is 1. The molecule has 0 bridgehead atoms. The summed E-state index contributed by atoms with van der Waals surface area (Å²) in [5.74, 6) is 0.725. The number of aromatic nitrogens is 1. The first kappa shape index (κ1) is 20.2. The third-order valence-electron chi connectivity index (χ3n) is 5.54. The van der Waals surface area contributed by atoms with Crippen LogP contribution in [0.2, 0.25) is 5.02 Å². The van der Waals surface area contributed by atoms with E-state index in [4.69, 9.17) is 16.3 Å². The molecule has 1 amide bonds. The molecule has 3 aromatic rings. The van der Waals surface area contributed by atoms with E-state index in [0.717, 1.165) is 29.7 Å². The fourth-order valence-electron chi connectivity index (χ4n) is 3.94. The molecule has 0 saturated carbocycles. The first-order valence-electron chi connectivity index (χ1n) is 9.95. The van der Waals surface area contributed by atoms with Crippen molar-refractivity contribution < 1.29 is 9.53 Å². The number of rotatable bonds is 5. The van der Waals surface area contributed by atoms with Gasteiger partial charge < -0.3 is 14.2 Å². The van der Waals surface area contributed by atoms with E-state index < -0.39 is 0 Å². The Morgan fingerprint density at radius 2 is 1.87 bits per heavy atom. The smallest absolute Gasteiger partial charge is 0.255 e. The quantitative estimate of drug-likeness (QED) is 0.606. The lowest BCUT2D eigenvalue weighted by atomic mass is 10.0. The molecule has 0 N–H and O–H groups in total. The van der Waals surface area contributed by atoms with E-state index in [0.29, 0.717) is 23.7 Å². The van der Waals surface area contributed by atoms with E-state index in [2.05, 4.69) is 0 Å². The molecular formula is C24H23ClN2O3. The van der Waals surface area contributed by atoms with Crippen LogP contribution in [0.25, 0.3) is 0 Å². The van der Waals surface area contributed by atoms with Crippen molar-refractivity contribution in [1.29, 1.82) is 0 Å². The zero-order valence-electron chi connectivity index (χ0n) is 16.8. The number of benzene rings is 2. The molecule has 0 radical (unpaired) electrons. The Morgan fingerprint density at radius 1 is 1.10 bits per heavy atom. The third kappa shape index (κ3) is 4.12. The number of amides is 1. The number of likely N-dealkylation sites (tertiary alicyclic amines) is 1. The minimum Gasteiger partial charge on any atom is -0.497 e. The van der Waals surface area contributed by atoms with E-state index in [9.17, 15) is 9.59 Å². The molecular weight excluding hydrogens is 400 g/mol. The van der Waals surface area contributed by atoms with E-state index in [1.807, 2.05) is 47.4 Å². The highest BCUT2D eigenvalue weighted by Crippen LogP contribution is 2.33. The summed E-state index contributed by atoms with van der Waals surface area (Å²) in [6, 6.07) is 18.3. The van der Waals surface area contributed by atoms with Gasteiger partial charge in [-0.15, -0.1) is 0 Å². The fraction of sp³-hybridized carbons (Fsp3) is 0.250. The van der Waals surface area contributed by atoms with Crippen molar-refractivity contribution in [2.75, 3.05) is 13.7 Å². The second kappa shape index (κ2) is 8.76. The van der Waals surface area contributed by atoms with E-state index >= 15 is 0 Å².